The van der Waals surface area contributed by atoms with E-state index in [1.165, 1.54) is 0 Å². The SMILES string of the molecule is Cc1ccc(Br)c(NC(=O)CC(N)CC(C)(C)C)c1. The minimum absolute atomic E-state index is 0.0388. The van der Waals surface area contributed by atoms with Crippen LogP contribution in [0.3, 0.4) is 0 Å². The first kappa shape index (κ1) is 16.2. The average molecular weight is 327 g/mol. The monoisotopic (exact) mass is 326 g/mol. The Morgan fingerprint density at radius 1 is 1.42 bits per heavy atom. The zero-order chi connectivity index (χ0) is 14.6. The predicted molar refractivity (Wildman–Crippen MR) is 84.2 cm³/mol. The molecule has 0 fully saturated rings. The molecule has 19 heavy (non-hydrogen) atoms. The third kappa shape index (κ3) is 6.21. The van der Waals surface area contributed by atoms with E-state index in [1.807, 2.05) is 25.1 Å². The van der Waals surface area contributed by atoms with Crippen LogP contribution in [0.15, 0.2) is 22.7 Å². The highest BCUT2D eigenvalue weighted by atomic mass is 79.9. The molecule has 0 saturated heterocycles. The normalized spacial score (nSPS) is 13.2. The van der Waals surface area contributed by atoms with Gasteiger partial charge >= 0.3 is 0 Å². The first-order valence-electron chi connectivity index (χ1n) is 6.49. The van der Waals surface area contributed by atoms with Gasteiger partial charge in [0, 0.05) is 16.9 Å². The zero-order valence-corrected chi connectivity index (χ0v) is 13.7. The van der Waals surface area contributed by atoms with Crippen molar-refractivity contribution in [1.82, 2.24) is 0 Å². The highest BCUT2D eigenvalue weighted by molar-refractivity contribution is 9.10. The summed E-state index contributed by atoms with van der Waals surface area (Å²) in [6.07, 6.45) is 1.17. The third-order valence-electron chi connectivity index (χ3n) is 2.72. The number of carbonyl (C=O) groups is 1. The van der Waals surface area contributed by atoms with Crippen molar-refractivity contribution in [2.45, 2.75) is 46.6 Å². The van der Waals surface area contributed by atoms with Gasteiger partial charge in [-0.15, -0.1) is 0 Å². The van der Waals surface area contributed by atoms with Crippen molar-refractivity contribution in [3.8, 4) is 0 Å². The van der Waals surface area contributed by atoms with Gasteiger partial charge < -0.3 is 11.1 Å². The van der Waals surface area contributed by atoms with Gasteiger partial charge in [0.15, 0.2) is 0 Å². The second kappa shape index (κ2) is 6.53. The molecule has 0 radical (unpaired) electrons. The van der Waals surface area contributed by atoms with Crippen LogP contribution in [-0.2, 0) is 4.79 Å². The van der Waals surface area contributed by atoms with Crippen molar-refractivity contribution in [2.75, 3.05) is 5.32 Å². The molecule has 4 heteroatoms. The van der Waals surface area contributed by atoms with Crippen molar-refractivity contribution < 1.29 is 4.79 Å². The number of benzene rings is 1. The summed E-state index contributed by atoms with van der Waals surface area (Å²) in [6, 6.07) is 5.76. The van der Waals surface area contributed by atoms with Crippen molar-refractivity contribution >= 4 is 27.5 Å². The molecule has 3 N–H and O–H groups in total. The first-order chi connectivity index (χ1) is 8.67. The van der Waals surface area contributed by atoms with E-state index in [1.54, 1.807) is 0 Å². The van der Waals surface area contributed by atoms with Crippen LogP contribution in [-0.4, -0.2) is 11.9 Å². The van der Waals surface area contributed by atoms with Gasteiger partial charge in [-0.05, 0) is 52.4 Å². The second-order valence-electron chi connectivity index (χ2n) is 6.26. The van der Waals surface area contributed by atoms with Crippen LogP contribution in [0, 0.1) is 12.3 Å². The van der Waals surface area contributed by atoms with E-state index < -0.39 is 0 Å². The second-order valence-corrected chi connectivity index (χ2v) is 7.11. The molecule has 0 aliphatic carbocycles. The lowest BCUT2D eigenvalue weighted by atomic mass is 9.87. The van der Waals surface area contributed by atoms with Crippen molar-refractivity contribution in [1.29, 1.82) is 0 Å². The minimum Gasteiger partial charge on any atom is -0.327 e. The number of hydrogen-bond donors (Lipinski definition) is 2. The molecule has 0 saturated carbocycles. The largest absolute Gasteiger partial charge is 0.327 e. The van der Waals surface area contributed by atoms with E-state index in [0.29, 0.717) is 6.42 Å². The molecule has 1 aromatic rings. The minimum atomic E-state index is -0.108. The summed E-state index contributed by atoms with van der Waals surface area (Å²) < 4.78 is 0.885. The molecule has 106 valence electrons. The fourth-order valence-electron chi connectivity index (χ4n) is 2.03. The summed E-state index contributed by atoms with van der Waals surface area (Å²) in [4.78, 5) is 12.0. The average Bonchev–Trinajstić information content (AvgIpc) is 2.20. The first-order valence-corrected chi connectivity index (χ1v) is 7.28. The molecule has 1 rings (SSSR count). The number of aryl methyl sites for hydroxylation is 1. The summed E-state index contributed by atoms with van der Waals surface area (Å²) >= 11 is 3.43. The number of nitrogens with one attached hydrogen (secondary N) is 1. The number of halogens is 1. The number of nitrogens with two attached hydrogens (primary N) is 1. The lowest BCUT2D eigenvalue weighted by molar-refractivity contribution is -0.116. The molecule has 0 aliphatic rings. The topological polar surface area (TPSA) is 55.1 Å². The van der Waals surface area contributed by atoms with Crippen molar-refractivity contribution in [3.63, 3.8) is 0 Å². The molecule has 0 aromatic heterocycles. The van der Waals surface area contributed by atoms with Gasteiger partial charge in [0.05, 0.1) is 5.69 Å². The number of carbonyl (C=O) groups excluding carboxylic acids is 1. The van der Waals surface area contributed by atoms with Gasteiger partial charge in [-0.2, -0.15) is 0 Å². The number of hydrogen-bond acceptors (Lipinski definition) is 2. The molecule has 1 unspecified atom stereocenters. The molecule has 0 aliphatic heterocycles. The highest BCUT2D eigenvalue weighted by Gasteiger charge is 2.18. The Kier molecular flexibility index (Phi) is 5.56. The van der Waals surface area contributed by atoms with E-state index in [2.05, 4.69) is 42.0 Å². The Hall–Kier alpha value is -0.870. The van der Waals surface area contributed by atoms with E-state index in [0.717, 1.165) is 22.1 Å². The maximum absolute atomic E-state index is 12.0. The fraction of sp³-hybridized carbons (Fsp3) is 0.533. The lowest BCUT2D eigenvalue weighted by Crippen LogP contribution is -2.31. The smallest absolute Gasteiger partial charge is 0.225 e. The molecule has 1 atom stereocenters. The van der Waals surface area contributed by atoms with Crippen LogP contribution >= 0.6 is 15.9 Å². The van der Waals surface area contributed by atoms with Crippen LogP contribution in [0.2, 0.25) is 0 Å². The van der Waals surface area contributed by atoms with E-state index >= 15 is 0 Å². The van der Waals surface area contributed by atoms with Gasteiger partial charge in [-0.25, -0.2) is 0 Å². The van der Waals surface area contributed by atoms with Crippen molar-refractivity contribution in [3.05, 3.63) is 28.2 Å². The summed E-state index contributed by atoms with van der Waals surface area (Å²) in [6.45, 7) is 8.37. The molecular formula is C15H23BrN2O. The maximum atomic E-state index is 12.0. The molecule has 0 bridgehead atoms. The highest BCUT2D eigenvalue weighted by Crippen LogP contribution is 2.24. The molecule has 0 spiro atoms. The summed E-state index contributed by atoms with van der Waals surface area (Å²) in [5, 5.41) is 2.90. The zero-order valence-electron chi connectivity index (χ0n) is 12.1. The van der Waals surface area contributed by atoms with Crippen LogP contribution in [0.1, 0.15) is 39.2 Å². The Labute approximate surface area is 124 Å². The van der Waals surface area contributed by atoms with Gasteiger partial charge in [0.25, 0.3) is 0 Å². The molecule has 3 nitrogen and oxygen atoms in total. The molecule has 1 aromatic carbocycles. The van der Waals surface area contributed by atoms with Crippen LogP contribution < -0.4 is 11.1 Å². The van der Waals surface area contributed by atoms with Gasteiger partial charge in [0.2, 0.25) is 5.91 Å². The summed E-state index contributed by atoms with van der Waals surface area (Å²) in [5.74, 6) is -0.0388. The molecule has 0 heterocycles. The van der Waals surface area contributed by atoms with Crippen LogP contribution in [0.25, 0.3) is 0 Å². The van der Waals surface area contributed by atoms with E-state index in [4.69, 9.17) is 5.73 Å². The van der Waals surface area contributed by atoms with Crippen molar-refractivity contribution in [2.24, 2.45) is 11.1 Å². The third-order valence-corrected chi connectivity index (χ3v) is 3.41. The van der Waals surface area contributed by atoms with Crippen LogP contribution in [0.4, 0.5) is 5.69 Å². The molecular weight excluding hydrogens is 304 g/mol. The number of anilines is 1. The maximum Gasteiger partial charge on any atom is 0.225 e. The van der Waals surface area contributed by atoms with Crippen LogP contribution in [0.5, 0.6) is 0 Å². The Bertz CT molecular complexity index is 452. The Morgan fingerprint density at radius 3 is 2.63 bits per heavy atom. The lowest BCUT2D eigenvalue weighted by Gasteiger charge is -2.22. The Balaban J connectivity index is 2.58. The van der Waals surface area contributed by atoms with E-state index in [-0.39, 0.29) is 17.4 Å². The standard InChI is InChI=1S/C15H23BrN2O/c1-10-5-6-12(16)13(7-10)18-14(19)8-11(17)9-15(2,3)4/h5-7,11H,8-9,17H2,1-4H3,(H,18,19). The number of amides is 1. The molecule has 1 amide bonds. The predicted octanol–water partition coefficient (Wildman–Crippen LogP) is 3.85. The Morgan fingerprint density at radius 2 is 2.05 bits per heavy atom. The van der Waals surface area contributed by atoms with Gasteiger partial charge in [-0.1, -0.05) is 26.8 Å². The van der Waals surface area contributed by atoms with Gasteiger partial charge in [-0.3, -0.25) is 4.79 Å². The summed E-state index contributed by atoms with van der Waals surface area (Å²) in [5.41, 5.74) is 8.06. The quantitative estimate of drug-likeness (QED) is 0.882. The van der Waals surface area contributed by atoms with Gasteiger partial charge in [0.1, 0.15) is 0 Å². The summed E-state index contributed by atoms with van der Waals surface area (Å²) in [7, 11) is 0. The number of rotatable bonds is 4. The van der Waals surface area contributed by atoms with E-state index in [9.17, 15) is 4.79 Å². The fourth-order valence-corrected chi connectivity index (χ4v) is 2.38.